The van der Waals surface area contributed by atoms with E-state index in [-0.39, 0.29) is 12.1 Å². The Kier molecular flexibility index (Phi) is 4.82. The van der Waals surface area contributed by atoms with Crippen LogP contribution in [0.3, 0.4) is 0 Å². The fourth-order valence-electron chi connectivity index (χ4n) is 3.58. The minimum Gasteiger partial charge on any atom is -0.439 e. The molecule has 2 aliphatic rings. The Morgan fingerprint density at radius 3 is 2.80 bits per heavy atom. The molecule has 3 heterocycles. The first-order chi connectivity index (χ1) is 11.9. The molecule has 0 aromatic carbocycles. The largest absolute Gasteiger partial charge is 0.439 e. The van der Waals surface area contributed by atoms with Crippen molar-refractivity contribution in [2.75, 3.05) is 33.2 Å². The fraction of sp³-hybridized carbons (Fsp3) is 0.750. The summed E-state index contributed by atoms with van der Waals surface area (Å²) < 4.78 is 7.38. The van der Waals surface area contributed by atoms with Crippen LogP contribution in [0.25, 0.3) is 0 Å². The molecule has 0 radical (unpaired) electrons. The van der Waals surface area contributed by atoms with Crippen LogP contribution in [-0.4, -0.2) is 75.5 Å². The molecule has 1 aromatic heterocycles. The zero-order valence-electron chi connectivity index (χ0n) is 15.1. The van der Waals surface area contributed by atoms with E-state index in [2.05, 4.69) is 15.4 Å². The standard InChI is InChI=1S/C16H26N6O3/c1-12-18-13(2)22(19-12)9-5-7-17-14(23)21-8-4-6-16(11-21)10-20(3)15(24)25-16/h4-11H2,1-3H3,(H,17,23)/t16-/m0/s1. The molecule has 9 heteroatoms. The Morgan fingerprint density at radius 1 is 1.36 bits per heavy atom. The van der Waals surface area contributed by atoms with E-state index in [4.69, 9.17) is 4.74 Å². The van der Waals surface area contributed by atoms with Crippen molar-refractivity contribution < 1.29 is 14.3 Å². The molecule has 1 N–H and O–H groups in total. The average molecular weight is 350 g/mol. The summed E-state index contributed by atoms with van der Waals surface area (Å²) in [6.07, 6.45) is 2.12. The third kappa shape index (κ3) is 3.85. The fourth-order valence-corrected chi connectivity index (χ4v) is 3.58. The molecule has 1 aromatic rings. The molecular weight excluding hydrogens is 324 g/mol. The Balaban J connectivity index is 1.45. The van der Waals surface area contributed by atoms with Crippen molar-refractivity contribution in [2.24, 2.45) is 0 Å². The van der Waals surface area contributed by atoms with Crippen LogP contribution in [0.15, 0.2) is 0 Å². The molecule has 2 fully saturated rings. The summed E-state index contributed by atoms with van der Waals surface area (Å²) in [5, 5.41) is 7.26. The van der Waals surface area contributed by atoms with Crippen LogP contribution in [0.5, 0.6) is 0 Å². The van der Waals surface area contributed by atoms with Crippen LogP contribution in [-0.2, 0) is 11.3 Å². The van der Waals surface area contributed by atoms with Crippen molar-refractivity contribution in [1.29, 1.82) is 0 Å². The highest BCUT2D eigenvalue weighted by Crippen LogP contribution is 2.31. The van der Waals surface area contributed by atoms with Crippen LogP contribution in [0.1, 0.15) is 30.9 Å². The maximum Gasteiger partial charge on any atom is 0.410 e. The number of amides is 3. The topological polar surface area (TPSA) is 92.6 Å². The van der Waals surface area contributed by atoms with Gasteiger partial charge in [-0.3, -0.25) is 4.68 Å². The molecule has 2 aliphatic heterocycles. The molecule has 138 valence electrons. The Hall–Kier alpha value is -2.32. The van der Waals surface area contributed by atoms with E-state index in [0.29, 0.717) is 26.2 Å². The Morgan fingerprint density at radius 2 is 2.16 bits per heavy atom. The highest BCUT2D eigenvalue weighted by atomic mass is 16.6. The number of carbonyl (C=O) groups is 2. The normalized spacial score (nSPS) is 23.2. The molecule has 0 bridgehead atoms. The number of ether oxygens (including phenoxy) is 1. The zero-order valence-corrected chi connectivity index (χ0v) is 15.1. The first-order valence-corrected chi connectivity index (χ1v) is 8.73. The summed E-state index contributed by atoms with van der Waals surface area (Å²) in [4.78, 5) is 31.7. The SMILES string of the molecule is Cc1nc(C)n(CCCNC(=O)N2CCC[C@]3(CN(C)C(=O)O3)C2)n1. The van der Waals surface area contributed by atoms with Gasteiger partial charge in [-0.25, -0.2) is 14.6 Å². The van der Waals surface area contributed by atoms with E-state index in [1.54, 1.807) is 16.8 Å². The molecule has 3 amide bonds. The van der Waals surface area contributed by atoms with Crippen LogP contribution in [0, 0.1) is 13.8 Å². The number of nitrogens with one attached hydrogen (secondary N) is 1. The molecule has 1 spiro atoms. The number of likely N-dealkylation sites (N-methyl/N-ethyl adjacent to an activating group) is 1. The van der Waals surface area contributed by atoms with Gasteiger partial charge in [0.15, 0.2) is 0 Å². The molecular formula is C16H26N6O3. The molecule has 0 saturated carbocycles. The van der Waals surface area contributed by atoms with E-state index in [9.17, 15) is 9.59 Å². The van der Waals surface area contributed by atoms with Gasteiger partial charge in [-0.05, 0) is 33.1 Å². The predicted octanol–water partition coefficient (Wildman–Crippen LogP) is 0.911. The van der Waals surface area contributed by atoms with Crippen molar-refractivity contribution in [2.45, 2.75) is 45.3 Å². The average Bonchev–Trinajstić information content (AvgIpc) is 3.02. The lowest BCUT2D eigenvalue weighted by atomic mass is 9.93. The summed E-state index contributed by atoms with van der Waals surface area (Å²) in [6.45, 7) is 6.77. The summed E-state index contributed by atoms with van der Waals surface area (Å²) in [5.74, 6) is 1.64. The number of piperidine rings is 1. The predicted molar refractivity (Wildman–Crippen MR) is 90.2 cm³/mol. The number of likely N-dealkylation sites (tertiary alicyclic amines) is 1. The molecule has 3 rings (SSSR count). The summed E-state index contributed by atoms with van der Waals surface area (Å²) in [6, 6.07) is -0.101. The highest BCUT2D eigenvalue weighted by molar-refractivity contribution is 5.75. The summed E-state index contributed by atoms with van der Waals surface area (Å²) in [7, 11) is 1.73. The molecule has 1 atom stereocenters. The quantitative estimate of drug-likeness (QED) is 0.815. The molecule has 9 nitrogen and oxygen atoms in total. The van der Waals surface area contributed by atoms with Crippen molar-refractivity contribution in [3.8, 4) is 0 Å². The summed E-state index contributed by atoms with van der Waals surface area (Å²) >= 11 is 0. The monoisotopic (exact) mass is 350 g/mol. The number of aromatic nitrogens is 3. The first-order valence-electron chi connectivity index (χ1n) is 8.73. The number of aryl methyl sites for hydroxylation is 3. The van der Waals surface area contributed by atoms with E-state index in [0.717, 1.165) is 37.5 Å². The highest BCUT2D eigenvalue weighted by Gasteiger charge is 2.47. The zero-order chi connectivity index (χ0) is 18.0. The van der Waals surface area contributed by atoms with E-state index in [1.165, 1.54) is 0 Å². The van der Waals surface area contributed by atoms with Crippen LogP contribution < -0.4 is 5.32 Å². The van der Waals surface area contributed by atoms with Crippen LogP contribution >= 0.6 is 0 Å². The van der Waals surface area contributed by atoms with Gasteiger partial charge in [0.1, 0.15) is 17.2 Å². The van der Waals surface area contributed by atoms with Crippen molar-refractivity contribution in [1.82, 2.24) is 29.9 Å². The van der Waals surface area contributed by atoms with Gasteiger partial charge >= 0.3 is 12.1 Å². The lowest BCUT2D eigenvalue weighted by Crippen LogP contribution is -2.54. The third-order valence-electron chi connectivity index (χ3n) is 4.75. The molecule has 25 heavy (non-hydrogen) atoms. The molecule has 0 aliphatic carbocycles. The Labute approximate surface area is 147 Å². The number of nitrogens with zero attached hydrogens (tertiary/aromatic N) is 5. The number of urea groups is 1. The Bertz CT molecular complexity index is 660. The lowest BCUT2D eigenvalue weighted by Gasteiger charge is -2.38. The van der Waals surface area contributed by atoms with E-state index < -0.39 is 5.60 Å². The smallest absolute Gasteiger partial charge is 0.410 e. The second-order valence-corrected chi connectivity index (χ2v) is 6.95. The summed E-state index contributed by atoms with van der Waals surface area (Å²) in [5.41, 5.74) is -0.545. The van der Waals surface area contributed by atoms with Gasteiger partial charge in [0.2, 0.25) is 0 Å². The van der Waals surface area contributed by atoms with E-state index >= 15 is 0 Å². The van der Waals surface area contributed by atoms with Crippen LogP contribution in [0.4, 0.5) is 9.59 Å². The maximum absolute atomic E-state index is 12.4. The number of hydrogen-bond acceptors (Lipinski definition) is 5. The molecule has 0 unspecified atom stereocenters. The van der Waals surface area contributed by atoms with Gasteiger partial charge in [0.25, 0.3) is 0 Å². The van der Waals surface area contributed by atoms with Gasteiger partial charge in [-0.2, -0.15) is 5.10 Å². The second-order valence-electron chi connectivity index (χ2n) is 6.95. The molecule has 2 saturated heterocycles. The van der Waals surface area contributed by atoms with E-state index in [1.807, 2.05) is 18.5 Å². The van der Waals surface area contributed by atoms with Crippen molar-refractivity contribution in [3.63, 3.8) is 0 Å². The van der Waals surface area contributed by atoms with Crippen LogP contribution in [0.2, 0.25) is 0 Å². The second kappa shape index (κ2) is 6.89. The van der Waals surface area contributed by atoms with Gasteiger partial charge in [0, 0.05) is 26.7 Å². The van der Waals surface area contributed by atoms with Gasteiger partial charge in [0.05, 0.1) is 13.1 Å². The number of hydrogen-bond donors (Lipinski definition) is 1. The van der Waals surface area contributed by atoms with Crippen molar-refractivity contribution in [3.05, 3.63) is 11.6 Å². The van der Waals surface area contributed by atoms with Gasteiger partial charge in [-0.15, -0.1) is 0 Å². The maximum atomic E-state index is 12.4. The van der Waals surface area contributed by atoms with Crippen molar-refractivity contribution >= 4 is 12.1 Å². The first kappa shape index (κ1) is 17.5. The minimum absolute atomic E-state index is 0.101. The minimum atomic E-state index is -0.545. The van der Waals surface area contributed by atoms with Gasteiger partial charge in [-0.1, -0.05) is 0 Å². The van der Waals surface area contributed by atoms with Gasteiger partial charge < -0.3 is 19.9 Å². The lowest BCUT2D eigenvalue weighted by molar-refractivity contribution is 0.00322. The number of rotatable bonds is 4. The number of carbonyl (C=O) groups excluding carboxylic acids is 2. The third-order valence-corrected chi connectivity index (χ3v) is 4.75.